The third-order valence-electron chi connectivity index (χ3n) is 3.72. The van der Waals surface area contributed by atoms with Crippen molar-refractivity contribution in [1.29, 1.82) is 0 Å². The van der Waals surface area contributed by atoms with Crippen LogP contribution in [0.2, 0.25) is 0 Å². The highest BCUT2D eigenvalue weighted by Gasteiger charge is 2.04. The number of aromatic nitrogens is 2. The first-order valence-corrected chi connectivity index (χ1v) is 7.49. The summed E-state index contributed by atoms with van der Waals surface area (Å²) in [6, 6.07) is 17.1. The van der Waals surface area contributed by atoms with Crippen LogP contribution in [0.4, 0.5) is 0 Å². The Balaban J connectivity index is 0.000000140. The Bertz CT molecular complexity index is 879. The lowest BCUT2D eigenvalue weighted by molar-refractivity contribution is 0.404. The Hall–Kier alpha value is -3.01. The van der Waals surface area contributed by atoms with Crippen LogP contribution in [-0.4, -0.2) is 19.8 Å². The van der Waals surface area contributed by atoms with E-state index < -0.39 is 0 Å². The molecule has 0 spiro atoms. The first-order chi connectivity index (χ1) is 11.2. The van der Waals surface area contributed by atoms with Crippen molar-refractivity contribution in [3.63, 3.8) is 0 Å². The summed E-state index contributed by atoms with van der Waals surface area (Å²) in [6.45, 7) is 2.89. The second-order valence-corrected chi connectivity index (χ2v) is 5.20. The highest BCUT2D eigenvalue weighted by Crippen LogP contribution is 2.30. The smallest absolute Gasteiger partial charge is 0.159 e. The van der Waals surface area contributed by atoms with Gasteiger partial charge in [-0.2, -0.15) is 0 Å². The van der Waals surface area contributed by atoms with Crippen molar-refractivity contribution in [1.82, 2.24) is 9.55 Å². The molecule has 4 heteroatoms. The Morgan fingerprint density at radius 1 is 0.913 bits per heavy atom. The molecule has 4 rings (SSSR count). The molecule has 0 aliphatic heterocycles. The summed E-state index contributed by atoms with van der Waals surface area (Å²) in [5, 5.41) is 20.7. The topological polar surface area (TPSA) is 58.3 Å². The van der Waals surface area contributed by atoms with Crippen molar-refractivity contribution in [3.05, 3.63) is 67.0 Å². The quantitative estimate of drug-likeness (QED) is 0.515. The highest BCUT2D eigenvalue weighted by molar-refractivity contribution is 5.83. The number of hydrogen-bond donors (Lipinski definition) is 2. The van der Waals surface area contributed by atoms with Crippen LogP contribution in [0.5, 0.6) is 11.5 Å². The van der Waals surface area contributed by atoms with E-state index in [2.05, 4.69) is 17.1 Å². The average Bonchev–Trinajstić information content (AvgIpc) is 2.98. The maximum absolute atomic E-state index is 9.29. The molecule has 4 aromatic rings. The molecule has 2 aromatic carbocycles. The number of aromatic hydroxyl groups is 2. The lowest BCUT2D eigenvalue weighted by Crippen LogP contribution is -1.89. The normalized spacial score (nSPS) is 10.5. The second-order valence-electron chi connectivity index (χ2n) is 5.20. The molecule has 0 unspecified atom stereocenters. The van der Waals surface area contributed by atoms with E-state index in [1.54, 1.807) is 12.1 Å². The molecule has 2 N–H and O–H groups in total. The number of para-hydroxylation sites is 1. The number of rotatable bonds is 1. The van der Waals surface area contributed by atoms with E-state index in [0.29, 0.717) is 0 Å². The Morgan fingerprint density at radius 2 is 1.65 bits per heavy atom. The largest absolute Gasteiger partial charge is 0.504 e. The minimum absolute atomic E-state index is 0.0682. The molecule has 0 saturated carbocycles. The zero-order chi connectivity index (χ0) is 16.2. The van der Waals surface area contributed by atoms with E-state index in [1.165, 1.54) is 5.39 Å². The van der Waals surface area contributed by atoms with Gasteiger partial charge in [-0.1, -0.05) is 24.3 Å². The van der Waals surface area contributed by atoms with Gasteiger partial charge in [-0.3, -0.25) is 4.98 Å². The molecule has 0 fully saturated rings. The van der Waals surface area contributed by atoms with Gasteiger partial charge in [0.25, 0.3) is 0 Å². The zero-order valence-corrected chi connectivity index (χ0v) is 12.8. The molecule has 4 nitrogen and oxygen atoms in total. The first kappa shape index (κ1) is 14.9. The number of phenols is 2. The highest BCUT2D eigenvalue weighted by atomic mass is 16.3. The summed E-state index contributed by atoms with van der Waals surface area (Å²) in [5.74, 6) is -0.137. The van der Waals surface area contributed by atoms with Crippen LogP contribution >= 0.6 is 0 Å². The fourth-order valence-corrected chi connectivity index (χ4v) is 2.51. The molecule has 0 bridgehead atoms. The fraction of sp³-hybridized carbons (Fsp3) is 0.105. The molecule has 0 atom stereocenters. The van der Waals surface area contributed by atoms with Gasteiger partial charge in [0.05, 0.1) is 11.0 Å². The lowest BCUT2D eigenvalue weighted by atomic mass is 10.2. The van der Waals surface area contributed by atoms with Gasteiger partial charge in [-0.25, -0.2) is 0 Å². The minimum Gasteiger partial charge on any atom is -0.504 e. The Kier molecular flexibility index (Phi) is 4.15. The fourth-order valence-electron chi connectivity index (χ4n) is 2.51. The van der Waals surface area contributed by atoms with Crippen LogP contribution in [0.1, 0.15) is 6.92 Å². The minimum atomic E-state index is -0.0686. The molecule has 0 amide bonds. The van der Waals surface area contributed by atoms with Gasteiger partial charge >= 0.3 is 0 Å². The average molecular weight is 306 g/mol. The van der Waals surface area contributed by atoms with Gasteiger partial charge in [-0.15, -0.1) is 0 Å². The van der Waals surface area contributed by atoms with Gasteiger partial charge in [0.1, 0.15) is 0 Å². The van der Waals surface area contributed by atoms with Crippen molar-refractivity contribution >= 4 is 21.8 Å². The van der Waals surface area contributed by atoms with E-state index in [4.69, 9.17) is 0 Å². The molecule has 0 aliphatic rings. The van der Waals surface area contributed by atoms with Gasteiger partial charge in [0.2, 0.25) is 0 Å². The van der Waals surface area contributed by atoms with Crippen LogP contribution in [0.25, 0.3) is 21.8 Å². The van der Waals surface area contributed by atoms with Crippen molar-refractivity contribution in [3.8, 4) is 11.5 Å². The number of hydrogen-bond acceptors (Lipinski definition) is 3. The molecule has 23 heavy (non-hydrogen) atoms. The zero-order valence-electron chi connectivity index (χ0n) is 12.8. The summed E-state index contributed by atoms with van der Waals surface area (Å²) < 4.78 is 2.01. The van der Waals surface area contributed by atoms with Crippen LogP contribution in [-0.2, 0) is 6.54 Å². The summed E-state index contributed by atoms with van der Waals surface area (Å²) >= 11 is 0. The third-order valence-corrected chi connectivity index (χ3v) is 3.72. The van der Waals surface area contributed by atoms with Crippen molar-refractivity contribution in [2.24, 2.45) is 0 Å². The SMILES string of the molecule is CCn1ccc2cc(O)c(O)cc21.c1ccc2ncccc2c1. The first-order valence-electron chi connectivity index (χ1n) is 7.49. The van der Waals surface area contributed by atoms with Crippen LogP contribution in [0, 0.1) is 0 Å². The molecule has 0 aliphatic carbocycles. The molecule has 116 valence electrons. The van der Waals surface area contributed by atoms with Gasteiger partial charge in [0, 0.05) is 35.8 Å². The number of aryl methyl sites for hydroxylation is 1. The summed E-state index contributed by atoms with van der Waals surface area (Å²) in [5.41, 5.74) is 2.00. The van der Waals surface area contributed by atoms with E-state index in [9.17, 15) is 10.2 Å². The third kappa shape index (κ3) is 3.11. The standard InChI is InChI=1S/C10H11NO2.C9H7N/c1-2-11-4-3-7-5-9(12)10(13)6-8(7)11;1-2-6-9-8(4-1)5-3-7-10-9/h3-6,12-13H,2H2,1H3;1-7H. The number of fused-ring (bicyclic) bond motifs is 2. The summed E-state index contributed by atoms with van der Waals surface area (Å²) in [4.78, 5) is 4.18. The summed E-state index contributed by atoms with van der Waals surface area (Å²) in [6.07, 6.45) is 3.74. The van der Waals surface area contributed by atoms with Gasteiger partial charge in [-0.05, 0) is 31.2 Å². The monoisotopic (exact) mass is 306 g/mol. The molecule has 2 aromatic heterocycles. The predicted octanol–water partition coefficient (Wildman–Crippen LogP) is 4.31. The number of phenolic OH excluding ortho intramolecular Hbond substituents is 2. The van der Waals surface area contributed by atoms with Crippen molar-refractivity contribution < 1.29 is 10.2 Å². The number of nitrogens with zero attached hydrogens (tertiary/aromatic N) is 2. The molecule has 2 heterocycles. The number of benzene rings is 2. The molecular weight excluding hydrogens is 288 g/mol. The van der Waals surface area contributed by atoms with E-state index >= 15 is 0 Å². The summed E-state index contributed by atoms with van der Waals surface area (Å²) in [7, 11) is 0. The maximum atomic E-state index is 9.29. The van der Waals surface area contributed by atoms with E-state index in [-0.39, 0.29) is 11.5 Å². The number of pyridine rings is 1. The van der Waals surface area contributed by atoms with Gasteiger partial charge in [0.15, 0.2) is 11.5 Å². The maximum Gasteiger partial charge on any atom is 0.159 e. The van der Waals surface area contributed by atoms with Gasteiger partial charge < -0.3 is 14.8 Å². The lowest BCUT2D eigenvalue weighted by Gasteiger charge is -2.02. The van der Waals surface area contributed by atoms with Crippen LogP contribution in [0.3, 0.4) is 0 Å². The Labute approximate surface area is 134 Å². The molecule has 0 radical (unpaired) electrons. The molecular formula is C19H18N2O2. The van der Waals surface area contributed by atoms with Crippen LogP contribution < -0.4 is 0 Å². The molecule has 0 saturated heterocycles. The Morgan fingerprint density at radius 3 is 2.43 bits per heavy atom. The van der Waals surface area contributed by atoms with E-state index in [0.717, 1.165) is 23.0 Å². The van der Waals surface area contributed by atoms with Crippen LogP contribution in [0.15, 0.2) is 67.0 Å². The van der Waals surface area contributed by atoms with Crippen molar-refractivity contribution in [2.45, 2.75) is 13.5 Å². The second kappa shape index (κ2) is 6.40. The van der Waals surface area contributed by atoms with Crippen molar-refractivity contribution in [2.75, 3.05) is 0 Å². The predicted molar refractivity (Wildman–Crippen MR) is 92.7 cm³/mol. The van der Waals surface area contributed by atoms with E-state index in [1.807, 2.05) is 54.2 Å².